The molecule has 186 valence electrons. The van der Waals surface area contributed by atoms with Gasteiger partial charge in [-0.1, -0.05) is 0 Å². The fraction of sp³-hybridized carbons (Fsp3) is 0.238. The Labute approximate surface area is 193 Å². The van der Waals surface area contributed by atoms with Crippen molar-refractivity contribution >= 4 is 16.9 Å². The summed E-state index contributed by atoms with van der Waals surface area (Å²) in [6.07, 6.45) is -10.2. The Kier molecular flexibility index (Phi) is 5.82. The van der Waals surface area contributed by atoms with E-state index < -0.39 is 93.3 Å². The fourth-order valence-corrected chi connectivity index (χ4v) is 3.54. The summed E-state index contributed by atoms with van der Waals surface area (Å²) in [6, 6.07) is 3.75. The van der Waals surface area contributed by atoms with Gasteiger partial charge in [0, 0.05) is 11.6 Å². The van der Waals surface area contributed by atoms with Crippen LogP contribution in [0.3, 0.4) is 0 Å². The van der Waals surface area contributed by atoms with Crippen LogP contribution in [-0.2, 0) is 9.53 Å². The minimum absolute atomic E-state index is 0.121. The summed E-state index contributed by atoms with van der Waals surface area (Å²) in [7, 11) is 0. The third kappa shape index (κ3) is 3.89. The minimum Gasteiger partial charge on any atom is -0.507 e. The second-order valence-corrected chi connectivity index (χ2v) is 7.61. The molecule has 4 rings (SSSR count). The number of aliphatic hydroxyl groups is 3. The number of benzene rings is 2. The molecule has 1 aliphatic heterocycles. The molecule has 1 aromatic heterocycles. The Morgan fingerprint density at radius 2 is 1.54 bits per heavy atom. The number of rotatable bonds is 4. The Hall–Kier alpha value is -4.24. The van der Waals surface area contributed by atoms with Gasteiger partial charge in [-0.2, -0.15) is 0 Å². The molecule has 0 unspecified atom stereocenters. The molecule has 1 saturated heterocycles. The highest BCUT2D eigenvalue weighted by Gasteiger charge is 2.48. The Bertz CT molecular complexity index is 1380. The van der Waals surface area contributed by atoms with Gasteiger partial charge in [0.15, 0.2) is 34.7 Å². The van der Waals surface area contributed by atoms with Gasteiger partial charge in [-0.05, 0) is 18.2 Å². The number of fused-ring (bicyclic) bond motifs is 1. The van der Waals surface area contributed by atoms with Crippen LogP contribution in [0.25, 0.3) is 22.3 Å². The number of carboxylic acids is 1. The van der Waals surface area contributed by atoms with E-state index in [2.05, 4.69) is 0 Å². The largest absolute Gasteiger partial charge is 0.507 e. The van der Waals surface area contributed by atoms with Crippen LogP contribution in [0.4, 0.5) is 0 Å². The van der Waals surface area contributed by atoms with Crippen molar-refractivity contribution < 1.29 is 64.6 Å². The summed E-state index contributed by atoms with van der Waals surface area (Å²) in [5.41, 5.74) is -2.03. The van der Waals surface area contributed by atoms with Gasteiger partial charge in [0.05, 0.1) is 0 Å². The van der Waals surface area contributed by atoms with E-state index in [9.17, 15) is 55.5 Å². The number of aliphatic hydroxyl groups excluding tert-OH is 3. The van der Waals surface area contributed by atoms with Crippen molar-refractivity contribution in [2.24, 2.45) is 0 Å². The number of carboxylic acid groups (broad SMARTS) is 1. The lowest BCUT2D eigenvalue weighted by molar-refractivity contribution is -0.271. The second-order valence-electron chi connectivity index (χ2n) is 7.61. The molecule has 35 heavy (non-hydrogen) atoms. The molecule has 1 fully saturated rings. The van der Waals surface area contributed by atoms with Crippen LogP contribution in [0.5, 0.6) is 34.5 Å². The lowest BCUT2D eigenvalue weighted by atomic mass is 9.99. The van der Waals surface area contributed by atoms with E-state index in [0.29, 0.717) is 6.07 Å². The fourth-order valence-electron chi connectivity index (χ4n) is 3.54. The van der Waals surface area contributed by atoms with E-state index in [1.165, 1.54) is 0 Å². The van der Waals surface area contributed by atoms with E-state index in [0.717, 1.165) is 18.2 Å². The number of hydrogen-bond acceptors (Lipinski definition) is 13. The smallest absolute Gasteiger partial charge is 0.335 e. The Morgan fingerprint density at radius 3 is 2.17 bits per heavy atom. The van der Waals surface area contributed by atoms with E-state index in [1.807, 2.05) is 0 Å². The van der Waals surface area contributed by atoms with E-state index in [-0.39, 0.29) is 5.56 Å². The quantitative estimate of drug-likeness (QED) is 0.203. The monoisotopic (exact) mass is 494 g/mol. The Balaban J connectivity index is 1.90. The molecule has 5 atom stereocenters. The minimum atomic E-state index is -2.05. The van der Waals surface area contributed by atoms with Crippen molar-refractivity contribution in [1.82, 2.24) is 0 Å². The summed E-state index contributed by atoms with van der Waals surface area (Å²) in [5.74, 6) is -6.97. The van der Waals surface area contributed by atoms with Crippen LogP contribution >= 0.6 is 0 Å². The first kappa shape index (κ1) is 23.9. The van der Waals surface area contributed by atoms with Gasteiger partial charge < -0.3 is 59.8 Å². The van der Waals surface area contributed by atoms with Crippen molar-refractivity contribution in [3.63, 3.8) is 0 Å². The van der Waals surface area contributed by atoms with Gasteiger partial charge in [-0.15, -0.1) is 0 Å². The average Bonchev–Trinajstić information content (AvgIpc) is 2.79. The van der Waals surface area contributed by atoms with Gasteiger partial charge in [-0.3, -0.25) is 4.79 Å². The molecule has 0 radical (unpaired) electrons. The lowest BCUT2D eigenvalue weighted by Crippen LogP contribution is -2.61. The second kappa shape index (κ2) is 8.52. The molecule has 1 aliphatic rings. The highest BCUT2D eigenvalue weighted by molar-refractivity contribution is 5.93. The maximum absolute atomic E-state index is 12.8. The van der Waals surface area contributed by atoms with Crippen LogP contribution in [-0.4, -0.2) is 82.6 Å². The first-order valence-electron chi connectivity index (χ1n) is 9.78. The molecule has 0 aliphatic carbocycles. The van der Waals surface area contributed by atoms with Crippen molar-refractivity contribution in [2.75, 3.05) is 0 Å². The molecule has 9 N–H and O–H groups in total. The van der Waals surface area contributed by atoms with Crippen LogP contribution < -0.4 is 10.2 Å². The van der Waals surface area contributed by atoms with E-state index in [1.54, 1.807) is 0 Å². The number of phenols is 4. The first-order chi connectivity index (χ1) is 16.4. The lowest BCUT2D eigenvalue weighted by Gasteiger charge is -2.38. The highest BCUT2D eigenvalue weighted by atomic mass is 16.7. The predicted octanol–water partition coefficient (Wildman–Crippen LogP) is -0.741. The van der Waals surface area contributed by atoms with Gasteiger partial charge in [0.2, 0.25) is 23.2 Å². The normalized spacial score (nSPS) is 24.4. The van der Waals surface area contributed by atoms with Gasteiger partial charge in [0.25, 0.3) is 0 Å². The molecule has 14 heteroatoms. The zero-order chi connectivity index (χ0) is 25.8. The number of aromatic hydroxyl groups is 5. The molecule has 0 amide bonds. The van der Waals surface area contributed by atoms with Gasteiger partial charge >= 0.3 is 5.97 Å². The summed E-state index contributed by atoms with van der Waals surface area (Å²) in [6.45, 7) is 0. The summed E-state index contributed by atoms with van der Waals surface area (Å²) < 4.78 is 15.8. The van der Waals surface area contributed by atoms with Gasteiger partial charge in [-0.25, -0.2) is 4.79 Å². The Morgan fingerprint density at radius 1 is 0.857 bits per heavy atom. The van der Waals surface area contributed by atoms with Gasteiger partial charge in [0.1, 0.15) is 29.4 Å². The number of ether oxygens (including phenoxy) is 2. The van der Waals surface area contributed by atoms with E-state index in [4.69, 9.17) is 13.9 Å². The summed E-state index contributed by atoms with van der Waals surface area (Å²) in [5, 5.41) is 88.7. The van der Waals surface area contributed by atoms with Crippen LogP contribution in [0.2, 0.25) is 0 Å². The molecule has 0 saturated carbocycles. The van der Waals surface area contributed by atoms with Crippen LogP contribution in [0, 0.1) is 0 Å². The molecule has 2 heterocycles. The zero-order valence-electron chi connectivity index (χ0n) is 17.3. The molecule has 2 aromatic carbocycles. The van der Waals surface area contributed by atoms with Crippen molar-refractivity contribution in [3.8, 4) is 45.8 Å². The zero-order valence-corrected chi connectivity index (χ0v) is 17.3. The maximum atomic E-state index is 12.8. The standard InChI is InChI=1S/C21H18O14/c22-6-2-1-5(3-7(6)23)16-13(28)11(26)10-8(24)4-9(25)17(18(10)33-16)34-21-15(30)12(27)14(29)19(35-21)20(31)32/h1-4,12,14-15,19,21-25,27-30H,(H,31,32)/t12-,14-,15+,19-,21+/m0/s1. The predicted molar refractivity (Wildman–Crippen MR) is 111 cm³/mol. The van der Waals surface area contributed by atoms with Crippen molar-refractivity contribution in [1.29, 1.82) is 0 Å². The number of hydrogen-bond donors (Lipinski definition) is 9. The number of phenolic OH excluding ortho intramolecular Hbond substituents is 4. The van der Waals surface area contributed by atoms with Crippen molar-refractivity contribution in [3.05, 3.63) is 34.5 Å². The summed E-state index contributed by atoms with van der Waals surface area (Å²) >= 11 is 0. The highest BCUT2D eigenvalue weighted by Crippen LogP contribution is 2.44. The van der Waals surface area contributed by atoms with Crippen molar-refractivity contribution in [2.45, 2.75) is 30.7 Å². The first-order valence-corrected chi connectivity index (χ1v) is 9.78. The van der Waals surface area contributed by atoms with Crippen LogP contribution in [0.15, 0.2) is 33.5 Å². The summed E-state index contributed by atoms with van der Waals surface area (Å²) in [4.78, 5) is 24.1. The molecule has 0 bridgehead atoms. The topological polar surface area (TPSA) is 248 Å². The SMILES string of the molecule is O=C(O)[C@H]1O[C@@H](Oc2c(O)cc(O)c3c(=O)c(O)c(-c4ccc(O)c(O)c4)oc23)[C@H](O)[C@@H](O)[C@@H]1O. The molecule has 0 spiro atoms. The molecular weight excluding hydrogens is 476 g/mol. The number of carbonyl (C=O) groups is 1. The third-order valence-corrected chi connectivity index (χ3v) is 5.34. The molecular formula is C21H18O14. The molecule has 14 nitrogen and oxygen atoms in total. The van der Waals surface area contributed by atoms with Crippen LogP contribution in [0.1, 0.15) is 0 Å². The number of aliphatic carboxylic acids is 1. The maximum Gasteiger partial charge on any atom is 0.335 e. The van der Waals surface area contributed by atoms with E-state index >= 15 is 0 Å². The molecule has 3 aromatic rings. The third-order valence-electron chi connectivity index (χ3n) is 5.34. The average molecular weight is 494 g/mol.